The molecule has 0 atom stereocenters. The van der Waals surface area contributed by atoms with Crippen LogP contribution in [0.1, 0.15) is 2.85 Å². The Labute approximate surface area is 118 Å². The molecule has 0 bridgehead atoms. The van der Waals surface area contributed by atoms with Crippen molar-refractivity contribution in [2.24, 2.45) is 0 Å². The van der Waals surface area contributed by atoms with Crippen molar-refractivity contribution in [2.45, 2.75) is 0 Å². The van der Waals surface area contributed by atoms with E-state index in [2.05, 4.69) is 0 Å². The molecule has 2 heteroatoms. The molecule has 0 aliphatic heterocycles. The smallest absolute Gasteiger partial charge is 1.00 e. The molecule has 0 spiro atoms. The van der Waals surface area contributed by atoms with Gasteiger partial charge in [-0.25, -0.2) is 0 Å². The summed E-state index contributed by atoms with van der Waals surface area (Å²) in [5, 5.41) is 0. The van der Waals surface area contributed by atoms with Gasteiger partial charge in [0, 0.05) is 0 Å². The van der Waals surface area contributed by atoms with Gasteiger partial charge >= 0.3 is 80.9 Å². The monoisotopic (exact) mass is 142 g/mol. The van der Waals surface area contributed by atoms with Crippen LogP contribution in [0, 0.1) is 0 Å². The Morgan fingerprint density at radius 1 is 0.625 bits per heavy atom. The molecule has 0 aromatic heterocycles. The molecule has 1 aromatic carbocycles. The molecule has 0 saturated heterocycles. The van der Waals surface area contributed by atoms with Crippen LogP contribution in [0.4, 0.5) is 0 Å². The molecule has 8 heavy (non-hydrogen) atoms. The first kappa shape index (κ1) is 12.5. The summed E-state index contributed by atoms with van der Waals surface area (Å²) in [6, 6.07) is 12.0. The van der Waals surface area contributed by atoms with Crippen molar-refractivity contribution in [3.63, 3.8) is 0 Å². The van der Waals surface area contributed by atoms with Gasteiger partial charge in [0.2, 0.25) is 0 Å². The average molecular weight is 142 g/mol. The summed E-state index contributed by atoms with van der Waals surface area (Å²) in [4.78, 5) is 0. The van der Waals surface area contributed by atoms with E-state index >= 15 is 0 Å². The zero-order valence-corrected chi connectivity index (χ0v) is 10.6. The molecular weight excluding hydrogens is 134 g/mol. The molecule has 1 aromatic rings. The van der Waals surface area contributed by atoms with Crippen molar-refractivity contribution >= 4 is 0 Å². The van der Waals surface area contributed by atoms with E-state index in [9.17, 15) is 0 Å². The summed E-state index contributed by atoms with van der Waals surface area (Å²) < 4.78 is 0. The van der Waals surface area contributed by atoms with E-state index in [0.717, 1.165) is 0 Å². The van der Waals surface area contributed by atoms with Gasteiger partial charge in [0.25, 0.3) is 0 Å². The third-order valence-corrected chi connectivity index (χ3v) is 0.667. The van der Waals surface area contributed by atoms with Gasteiger partial charge < -0.3 is 2.85 Å². The van der Waals surface area contributed by atoms with Gasteiger partial charge in [-0.2, -0.15) is 0 Å². The van der Waals surface area contributed by atoms with Crippen molar-refractivity contribution in [2.75, 3.05) is 0 Å². The molecule has 34 valence electrons. The first-order valence-corrected chi connectivity index (χ1v) is 2.00. The summed E-state index contributed by atoms with van der Waals surface area (Å²) in [6.07, 6.45) is 0. The van der Waals surface area contributed by atoms with E-state index in [1.54, 1.807) is 0 Å². The fourth-order valence-corrected chi connectivity index (χ4v) is 0.385. The molecule has 0 nitrogen and oxygen atoms in total. The van der Waals surface area contributed by atoms with Crippen LogP contribution in [0.3, 0.4) is 0 Å². The Balaban J connectivity index is -0.0000000450. The van der Waals surface area contributed by atoms with Crippen LogP contribution < -0.4 is 80.9 Å². The maximum absolute atomic E-state index is 2.00. The molecule has 0 amide bonds. The summed E-state index contributed by atoms with van der Waals surface area (Å²) in [5.74, 6) is 0. The fraction of sp³-hybridized carbons (Fsp3) is 0. The number of hydrogen-bond acceptors (Lipinski definition) is 0. The van der Waals surface area contributed by atoms with Gasteiger partial charge in [0.15, 0.2) is 0 Å². The summed E-state index contributed by atoms with van der Waals surface area (Å²) in [7, 11) is 0. The molecular formula is C6H8KNa. The SMILES string of the molecule is [H-].[H-].[K+].[Na+].c1ccccc1. The standard InChI is InChI=1S/C6H6.K.Na.2H/c1-2-4-6-5-3-1;;;;/h1-6H;;;;/q;2*+1;2*-1. The first-order valence-electron chi connectivity index (χ1n) is 2.00. The van der Waals surface area contributed by atoms with Crippen molar-refractivity contribution in [3.05, 3.63) is 36.4 Å². The van der Waals surface area contributed by atoms with Crippen LogP contribution in [-0.4, -0.2) is 0 Å². The average Bonchev–Trinajstić information content (AvgIpc) is 1.72. The Morgan fingerprint density at radius 2 is 0.750 bits per heavy atom. The molecule has 0 radical (unpaired) electrons. The summed E-state index contributed by atoms with van der Waals surface area (Å²) in [5.41, 5.74) is 0. The van der Waals surface area contributed by atoms with Crippen LogP contribution in [0.15, 0.2) is 36.4 Å². The van der Waals surface area contributed by atoms with Gasteiger partial charge in [-0.05, 0) is 0 Å². The Kier molecular flexibility index (Phi) is 13.9. The zero-order valence-electron chi connectivity index (χ0n) is 7.46. The maximum Gasteiger partial charge on any atom is 1.00 e. The second-order valence-electron chi connectivity index (χ2n) is 1.15. The predicted octanol–water partition coefficient (Wildman–Crippen LogP) is -4.08. The molecule has 0 aliphatic carbocycles. The van der Waals surface area contributed by atoms with Crippen LogP contribution >= 0.6 is 0 Å². The Bertz CT molecular complexity index is 87.7. The third kappa shape index (κ3) is 5.98. The molecule has 0 fully saturated rings. The van der Waals surface area contributed by atoms with Gasteiger partial charge in [0.05, 0.1) is 0 Å². The minimum Gasteiger partial charge on any atom is -1.00 e. The normalized spacial score (nSPS) is 6.00. The van der Waals surface area contributed by atoms with Crippen molar-refractivity contribution in [1.82, 2.24) is 0 Å². The van der Waals surface area contributed by atoms with E-state index in [4.69, 9.17) is 0 Å². The number of hydrogen-bond donors (Lipinski definition) is 0. The molecule has 0 N–H and O–H groups in total. The second kappa shape index (κ2) is 8.86. The zero-order chi connectivity index (χ0) is 4.24. The van der Waals surface area contributed by atoms with Crippen LogP contribution in [0.5, 0.6) is 0 Å². The quantitative estimate of drug-likeness (QED) is 0.323. The van der Waals surface area contributed by atoms with Gasteiger partial charge in [-0.3, -0.25) is 0 Å². The van der Waals surface area contributed by atoms with Gasteiger partial charge in [-0.15, -0.1) is 0 Å². The van der Waals surface area contributed by atoms with Crippen LogP contribution in [0.25, 0.3) is 0 Å². The minimum atomic E-state index is 0. The first-order chi connectivity index (χ1) is 3.00. The second-order valence-corrected chi connectivity index (χ2v) is 1.15. The molecule has 0 unspecified atom stereocenters. The largest absolute Gasteiger partial charge is 1.00 e. The topological polar surface area (TPSA) is 0 Å². The molecule has 1 rings (SSSR count). The number of benzene rings is 1. The summed E-state index contributed by atoms with van der Waals surface area (Å²) >= 11 is 0. The summed E-state index contributed by atoms with van der Waals surface area (Å²) in [6.45, 7) is 0. The van der Waals surface area contributed by atoms with Gasteiger partial charge in [0.1, 0.15) is 0 Å². The predicted molar refractivity (Wildman–Crippen MR) is 28.7 cm³/mol. The minimum absolute atomic E-state index is 0. The molecule has 0 aliphatic rings. The van der Waals surface area contributed by atoms with E-state index in [1.807, 2.05) is 36.4 Å². The molecule has 0 saturated carbocycles. The van der Waals surface area contributed by atoms with Crippen LogP contribution in [0.2, 0.25) is 0 Å². The van der Waals surface area contributed by atoms with E-state index in [-0.39, 0.29) is 83.8 Å². The van der Waals surface area contributed by atoms with Crippen molar-refractivity contribution in [1.29, 1.82) is 0 Å². The fourth-order valence-electron chi connectivity index (χ4n) is 0.385. The van der Waals surface area contributed by atoms with Gasteiger partial charge in [-0.1, -0.05) is 36.4 Å². The van der Waals surface area contributed by atoms with E-state index in [0.29, 0.717) is 0 Å². The Hall–Kier alpha value is 1.86. The maximum atomic E-state index is 2.00. The third-order valence-electron chi connectivity index (χ3n) is 0.667. The van der Waals surface area contributed by atoms with E-state index < -0.39 is 0 Å². The Morgan fingerprint density at radius 3 is 0.875 bits per heavy atom. The molecule has 0 heterocycles. The van der Waals surface area contributed by atoms with Crippen molar-refractivity contribution < 1.29 is 83.8 Å². The van der Waals surface area contributed by atoms with Crippen LogP contribution in [-0.2, 0) is 0 Å². The van der Waals surface area contributed by atoms with Crippen molar-refractivity contribution in [3.8, 4) is 0 Å². The number of rotatable bonds is 0. The van der Waals surface area contributed by atoms with E-state index in [1.165, 1.54) is 0 Å².